The molecule has 5 aromatic rings. The van der Waals surface area contributed by atoms with Crippen molar-refractivity contribution in [3.8, 4) is 23.0 Å². The van der Waals surface area contributed by atoms with Gasteiger partial charge in [0.25, 0.3) is 0 Å². The van der Waals surface area contributed by atoms with E-state index in [4.69, 9.17) is 9.47 Å². The van der Waals surface area contributed by atoms with Gasteiger partial charge in [-0.1, -0.05) is 126 Å². The molecule has 1 aliphatic rings. The van der Waals surface area contributed by atoms with Crippen LogP contribution in [0.5, 0.6) is 23.0 Å². The summed E-state index contributed by atoms with van der Waals surface area (Å²) in [6, 6.07) is 22.6. The maximum Gasteiger partial charge on any atom is 0.130 e. The Kier molecular flexibility index (Phi) is 11.4. The summed E-state index contributed by atoms with van der Waals surface area (Å²) in [4.78, 5) is 4.53. The number of hydrogen-bond acceptors (Lipinski definition) is 6. The second-order valence-electron chi connectivity index (χ2n) is 20.2. The summed E-state index contributed by atoms with van der Waals surface area (Å²) in [5, 5.41) is 36.3. The zero-order valence-corrected chi connectivity index (χ0v) is 36.3. The minimum absolute atomic E-state index is 0.169. The van der Waals surface area contributed by atoms with Gasteiger partial charge in [0.15, 0.2) is 0 Å². The number of fused-ring (bicyclic) bond motifs is 8. The third-order valence-electron chi connectivity index (χ3n) is 11.3. The zero-order valence-electron chi connectivity index (χ0n) is 36.3. The number of ether oxygens (including phenoxy) is 2. The topological polar surface area (TPSA) is 92.0 Å². The van der Waals surface area contributed by atoms with E-state index in [9.17, 15) is 15.3 Å². The van der Waals surface area contributed by atoms with E-state index < -0.39 is 0 Å². The highest BCUT2D eigenvalue weighted by molar-refractivity contribution is 5.57. The van der Waals surface area contributed by atoms with Crippen LogP contribution in [0, 0.1) is 0 Å². The van der Waals surface area contributed by atoms with Gasteiger partial charge in [-0.25, -0.2) is 0 Å². The molecular weight excluding hydrogens is 707 g/mol. The van der Waals surface area contributed by atoms with Crippen LogP contribution < -0.4 is 4.74 Å². The van der Waals surface area contributed by atoms with Gasteiger partial charge in [0.2, 0.25) is 0 Å². The van der Waals surface area contributed by atoms with Gasteiger partial charge in [-0.2, -0.15) is 0 Å². The van der Waals surface area contributed by atoms with E-state index in [2.05, 4.69) is 131 Å². The van der Waals surface area contributed by atoms with Crippen molar-refractivity contribution in [2.24, 2.45) is 0 Å². The molecule has 1 aliphatic heterocycles. The van der Waals surface area contributed by atoms with Crippen molar-refractivity contribution in [1.82, 2.24) is 4.98 Å². The molecule has 0 spiro atoms. The molecule has 1 aromatic heterocycles. The lowest BCUT2D eigenvalue weighted by Gasteiger charge is -2.27. The molecule has 8 bridgehead atoms. The van der Waals surface area contributed by atoms with E-state index in [0.29, 0.717) is 30.6 Å². The number of aromatic nitrogens is 1. The summed E-state index contributed by atoms with van der Waals surface area (Å²) in [7, 11) is 0. The fourth-order valence-electron chi connectivity index (χ4n) is 7.49. The molecule has 0 amide bonds. The summed E-state index contributed by atoms with van der Waals surface area (Å²) >= 11 is 0. The largest absolute Gasteiger partial charge is 0.507 e. The molecule has 0 fully saturated rings. The number of phenols is 3. The molecule has 0 saturated carbocycles. The molecule has 0 aliphatic carbocycles. The number of phenolic OH excluding ortho intramolecular Hbond substituents is 3. The molecule has 4 aromatic carbocycles. The van der Waals surface area contributed by atoms with E-state index in [1.807, 2.05) is 24.3 Å². The Balaban J connectivity index is 1.64. The Morgan fingerprint density at radius 1 is 0.491 bits per heavy atom. The van der Waals surface area contributed by atoms with Crippen LogP contribution in [0.4, 0.5) is 0 Å². The monoisotopic (exact) mass is 769 g/mol. The smallest absolute Gasteiger partial charge is 0.130 e. The predicted octanol–water partition coefficient (Wildman–Crippen LogP) is 11.8. The summed E-state index contributed by atoms with van der Waals surface area (Å²) in [5.41, 5.74) is 10.6. The van der Waals surface area contributed by atoms with E-state index >= 15 is 0 Å². The molecule has 6 nitrogen and oxygen atoms in total. The van der Waals surface area contributed by atoms with Gasteiger partial charge in [0, 0.05) is 36.6 Å². The Labute approximate surface area is 341 Å². The highest BCUT2D eigenvalue weighted by Gasteiger charge is 2.27. The standard InChI is InChI=1S/C51H63NO5/c1-48(2,3)39-20-31-17-32-21-40(49(4,5)6)24-35(45(32)54)19-36-25-42(51(10,11)12)27-38(47(36)57-30-43-15-13-14-16-52-43)29-56-28-37-26-41(50(7,8)9)23-34(46(37)55)18-33(22-39)44(31)53/h13-16,20-27,53-55H,17-19,28-30H2,1-12H3. The maximum absolute atomic E-state index is 12.3. The quantitative estimate of drug-likeness (QED) is 0.169. The number of aromatic hydroxyl groups is 3. The Morgan fingerprint density at radius 2 is 0.842 bits per heavy atom. The Hall–Kier alpha value is -4.81. The van der Waals surface area contributed by atoms with Gasteiger partial charge < -0.3 is 24.8 Å². The lowest BCUT2D eigenvalue weighted by atomic mass is 9.80. The molecule has 0 unspecified atom stereocenters. The Bertz CT molecular complexity index is 2260. The maximum atomic E-state index is 12.3. The SMILES string of the molecule is CC(C)(C)c1cc2c(O)c(c1)Cc1cc(C(C)(C)C)cc(c1O)Cc1cc(C(C)(C)C)cc(c1O)Cc1cc(C(C)(C)C)cc(c1OCc1ccccn1)COC2. The van der Waals surface area contributed by atoms with Crippen molar-refractivity contribution in [2.45, 2.75) is 144 Å². The normalized spacial score (nSPS) is 14.2. The summed E-state index contributed by atoms with van der Waals surface area (Å²) in [5.74, 6) is 1.26. The van der Waals surface area contributed by atoms with Crippen LogP contribution in [0.15, 0.2) is 72.9 Å². The van der Waals surface area contributed by atoms with E-state index in [-0.39, 0.29) is 58.7 Å². The van der Waals surface area contributed by atoms with Crippen molar-refractivity contribution in [3.63, 3.8) is 0 Å². The molecule has 0 atom stereocenters. The average molecular weight is 770 g/mol. The van der Waals surface area contributed by atoms with Crippen molar-refractivity contribution in [3.05, 3.63) is 145 Å². The van der Waals surface area contributed by atoms with Crippen molar-refractivity contribution in [1.29, 1.82) is 0 Å². The highest BCUT2D eigenvalue weighted by Crippen LogP contribution is 2.42. The molecule has 3 N–H and O–H groups in total. The lowest BCUT2D eigenvalue weighted by molar-refractivity contribution is 0.102. The first-order chi connectivity index (χ1) is 26.5. The molecular formula is C51H63NO5. The predicted molar refractivity (Wildman–Crippen MR) is 231 cm³/mol. The fraction of sp³-hybridized carbons (Fsp3) is 0.431. The molecule has 6 heteroatoms. The molecule has 0 saturated heterocycles. The van der Waals surface area contributed by atoms with Crippen LogP contribution in [0.2, 0.25) is 0 Å². The van der Waals surface area contributed by atoms with Gasteiger partial charge in [-0.3, -0.25) is 4.98 Å². The summed E-state index contributed by atoms with van der Waals surface area (Å²) in [6.07, 6.45) is 2.83. The number of nitrogens with zero attached hydrogens (tertiary/aromatic N) is 1. The van der Waals surface area contributed by atoms with Crippen LogP contribution in [-0.4, -0.2) is 20.3 Å². The molecule has 2 heterocycles. The Morgan fingerprint density at radius 3 is 1.25 bits per heavy atom. The van der Waals surface area contributed by atoms with Gasteiger partial charge in [-0.05, 0) is 102 Å². The van der Waals surface area contributed by atoms with Crippen LogP contribution in [-0.2, 0) is 65.5 Å². The molecule has 6 rings (SSSR count). The van der Waals surface area contributed by atoms with Gasteiger partial charge >= 0.3 is 0 Å². The van der Waals surface area contributed by atoms with Crippen LogP contribution in [0.1, 0.15) is 156 Å². The number of hydrogen-bond donors (Lipinski definition) is 3. The van der Waals surface area contributed by atoms with Crippen LogP contribution in [0.3, 0.4) is 0 Å². The molecule has 57 heavy (non-hydrogen) atoms. The first-order valence-corrected chi connectivity index (χ1v) is 20.3. The van der Waals surface area contributed by atoms with Gasteiger partial charge in [-0.15, -0.1) is 0 Å². The van der Waals surface area contributed by atoms with E-state index in [1.165, 1.54) is 0 Å². The molecule has 302 valence electrons. The first kappa shape index (κ1) is 41.8. The van der Waals surface area contributed by atoms with Crippen molar-refractivity contribution >= 4 is 0 Å². The van der Waals surface area contributed by atoms with E-state index in [1.54, 1.807) is 6.20 Å². The zero-order chi connectivity index (χ0) is 41.7. The minimum Gasteiger partial charge on any atom is -0.507 e. The van der Waals surface area contributed by atoms with Crippen LogP contribution in [0.25, 0.3) is 0 Å². The third-order valence-corrected chi connectivity index (χ3v) is 11.3. The van der Waals surface area contributed by atoms with Crippen LogP contribution >= 0.6 is 0 Å². The van der Waals surface area contributed by atoms with Crippen molar-refractivity contribution in [2.75, 3.05) is 0 Å². The first-order valence-electron chi connectivity index (χ1n) is 20.3. The summed E-state index contributed by atoms with van der Waals surface area (Å²) < 4.78 is 13.3. The van der Waals surface area contributed by atoms with E-state index in [0.717, 1.165) is 66.9 Å². The van der Waals surface area contributed by atoms with Gasteiger partial charge in [0.1, 0.15) is 29.6 Å². The second-order valence-corrected chi connectivity index (χ2v) is 20.2. The number of rotatable bonds is 3. The number of benzene rings is 4. The minimum atomic E-state index is -0.218. The molecule has 0 radical (unpaired) electrons. The summed E-state index contributed by atoms with van der Waals surface area (Å²) in [6.45, 7) is 26.8. The van der Waals surface area contributed by atoms with Gasteiger partial charge in [0.05, 0.1) is 18.9 Å². The second kappa shape index (κ2) is 15.5. The average Bonchev–Trinajstić information content (AvgIpc) is 3.10. The lowest BCUT2D eigenvalue weighted by Crippen LogP contribution is -2.16. The third kappa shape index (κ3) is 9.50. The number of pyridine rings is 1. The highest BCUT2D eigenvalue weighted by atomic mass is 16.5. The fourth-order valence-corrected chi connectivity index (χ4v) is 7.49. The van der Waals surface area contributed by atoms with Crippen molar-refractivity contribution < 1.29 is 24.8 Å².